The number of rotatable bonds is 4. The zero-order valence-corrected chi connectivity index (χ0v) is 22.0. The van der Waals surface area contributed by atoms with Crippen molar-refractivity contribution in [3.8, 4) is 5.00 Å². The van der Waals surface area contributed by atoms with Gasteiger partial charge in [0.05, 0.1) is 15.9 Å². The van der Waals surface area contributed by atoms with Crippen LogP contribution < -0.4 is 5.32 Å². The van der Waals surface area contributed by atoms with Crippen LogP contribution in [-0.2, 0) is 4.74 Å². The van der Waals surface area contributed by atoms with Crippen molar-refractivity contribution in [2.24, 2.45) is 5.41 Å². The van der Waals surface area contributed by atoms with E-state index in [9.17, 15) is 9.59 Å². The average Bonchev–Trinajstić information content (AvgIpc) is 3.62. The summed E-state index contributed by atoms with van der Waals surface area (Å²) in [6.45, 7) is 7.10. The van der Waals surface area contributed by atoms with Crippen LogP contribution in [0.1, 0.15) is 55.7 Å². The molecule has 3 aromatic heterocycles. The van der Waals surface area contributed by atoms with Gasteiger partial charge in [-0.25, -0.2) is 14.5 Å². The largest absolute Gasteiger partial charge is 0.444 e. The number of nitrogens with zero attached hydrogens (tertiary/aromatic N) is 5. The van der Waals surface area contributed by atoms with Gasteiger partial charge < -0.3 is 14.2 Å². The van der Waals surface area contributed by atoms with E-state index in [-0.39, 0.29) is 23.5 Å². The molecule has 1 spiro atoms. The summed E-state index contributed by atoms with van der Waals surface area (Å²) in [5, 5.41) is 8.18. The number of carbonyl (C=O) groups excluding carboxylic acids is 2. The van der Waals surface area contributed by atoms with Gasteiger partial charge in [0, 0.05) is 31.5 Å². The molecule has 1 aliphatic carbocycles. The average molecular weight is 519 g/mol. The number of para-hydroxylation sites is 2. The zero-order valence-electron chi connectivity index (χ0n) is 21.2. The van der Waals surface area contributed by atoms with Crippen LogP contribution in [-0.4, -0.2) is 54.9 Å². The van der Waals surface area contributed by atoms with Gasteiger partial charge in [-0.1, -0.05) is 12.1 Å². The molecule has 6 rings (SSSR count). The lowest BCUT2D eigenvalue weighted by Gasteiger charge is -2.46. The molecule has 1 aliphatic heterocycles. The second-order valence-corrected chi connectivity index (χ2v) is 12.1. The standard InChI is InChI=1S/C27H30N6O3S/c1-26(2,3)36-25(35)31-14-11-27(17-31)15-18(16-27)33-20-8-5-4-7-19(20)29-24(33)30-23(34)21-9-10-22(37-21)32-13-6-12-28-32/h4-10,12-13,18H,11,14-17H2,1-3H3,(H,29,30,34). The van der Waals surface area contributed by atoms with Crippen LogP contribution in [0.2, 0.25) is 0 Å². The summed E-state index contributed by atoms with van der Waals surface area (Å²) in [5.74, 6) is 0.369. The summed E-state index contributed by atoms with van der Waals surface area (Å²) in [5.41, 5.74) is 1.44. The monoisotopic (exact) mass is 518 g/mol. The summed E-state index contributed by atoms with van der Waals surface area (Å²) in [6.07, 6.45) is 6.15. The lowest BCUT2D eigenvalue weighted by atomic mass is 9.65. The van der Waals surface area contributed by atoms with Crippen molar-refractivity contribution in [2.45, 2.75) is 51.7 Å². The highest BCUT2D eigenvalue weighted by atomic mass is 32.1. The van der Waals surface area contributed by atoms with Crippen molar-refractivity contribution >= 4 is 40.3 Å². The number of imidazole rings is 1. The van der Waals surface area contributed by atoms with E-state index in [0.29, 0.717) is 23.9 Å². The molecule has 2 amide bonds. The molecule has 1 saturated carbocycles. The van der Waals surface area contributed by atoms with Crippen molar-refractivity contribution < 1.29 is 14.3 Å². The number of ether oxygens (including phenoxy) is 1. The fourth-order valence-electron chi connectivity index (χ4n) is 5.51. The predicted molar refractivity (Wildman–Crippen MR) is 142 cm³/mol. The minimum Gasteiger partial charge on any atom is -0.444 e. The van der Waals surface area contributed by atoms with E-state index in [1.54, 1.807) is 10.9 Å². The number of fused-ring (bicyclic) bond motifs is 1. The Kier molecular flexibility index (Phi) is 5.59. The number of benzene rings is 1. The summed E-state index contributed by atoms with van der Waals surface area (Å²) < 4.78 is 9.50. The number of thiophene rings is 1. The molecule has 0 atom stereocenters. The number of carbonyl (C=O) groups is 2. The van der Waals surface area contributed by atoms with E-state index in [1.807, 2.05) is 74.3 Å². The lowest BCUT2D eigenvalue weighted by molar-refractivity contribution is 0.0199. The van der Waals surface area contributed by atoms with Crippen molar-refractivity contribution in [1.82, 2.24) is 24.2 Å². The van der Waals surface area contributed by atoms with Crippen LogP contribution in [0.4, 0.5) is 10.7 Å². The normalized spacial score (nSPS) is 21.4. The molecule has 10 heteroatoms. The highest BCUT2D eigenvalue weighted by molar-refractivity contribution is 7.16. The summed E-state index contributed by atoms with van der Waals surface area (Å²) in [7, 11) is 0. The molecule has 0 bridgehead atoms. The first-order valence-corrected chi connectivity index (χ1v) is 13.4. The lowest BCUT2D eigenvalue weighted by Crippen LogP contribution is -2.43. The third kappa shape index (κ3) is 4.50. The van der Waals surface area contributed by atoms with Crippen LogP contribution >= 0.6 is 11.3 Å². The minimum atomic E-state index is -0.500. The van der Waals surface area contributed by atoms with Crippen molar-refractivity contribution in [1.29, 1.82) is 0 Å². The van der Waals surface area contributed by atoms with E-state index < -0.39 is 5.60 Å². The Morgan fingerprint density at radius 3 is 2.70 bits per heavy atom. The number of aromatic nitrogens is 4. The van der Waals surface area contributed by atoms with Crippen molar-refractivity contribution in [3.63, 3.8) is 0 Å². The van der Waals surface area contributed by atoms with Crippen LogP contribution in [0.5, 0.6) is 0 Å². The molecular formula is C27H30N6O3S. The number of hydrogen-bond donors (Lipinski definition) is 1. The Balaban J connectivity index is 1.20. The smallest absolute Gasteiger partial charge is 0.410 e. The highest BCUT2D eigenvalue weighted by Crippen LogP contribution is 2.55. The quantitative estimate of drug-likeness (QED) is 0.385. The van der Waals surface area contributed by atoms with Crippen LogP contribution in [0.15, 0.2) is 54.9 Å². The van der Waals surface area contributed by atoms with Crippen molar-refractivity contribution in [3.05, 3.63) is 59.7 Å². The molecule has 1 N–H and O–H groups in total. The Labute approximate surface area is 219 Å². The summed E-state index contributed by atoms with van der Waals surface area (Å²) >= 11 is 1.38. The third-order valence-corrected chi connectivity index (χ3v) is 8.23. The maximum absolute atomic E-state index is 13.2. The van der Waals surface area contributed by atoms with E-state index in [1.165, 1.54) is 11.3 Å². The molecule has 1 aromatic carbocycles. The first kappa shape index (κ1) is 23.7. The first-order valence-electron chi connectivity index (χ1n) is 12.6. The topological polar surface area (TPSA) is 94.3 Å². The molecule has 0 unspecified atom stereocenters. The number of amides is 2. The molecule has 4 heterocycles. The Morgan fingerprint density at radius 1 is 1.14 bits per heavy atom. The Hall–Kier alpha value is -3.66. The SMILES string of the molecule is CC(C)(C)OC(=O)N1CCC2(CC(n3c(NC(=O)c4ccc(-n5cccn5)s4)nc4ccccc43)C2)C1. The first-order chi connectivity index (χ1) is 17.7. The van der Waals surface area contributed by atoms with Gasteiger partial charge in [0.15, 0.2) is 0 Å². The van der Waals surface area contributed by atoms with E-state index in [2.05, 4.69) is 15.0 Å². The highest BCUT2D eigenvalue weighted by Gasteiger charge is 2.51. The molecular weight excluding hydrogens is 488 g/mol. The fraction of sp³-hybridized carbons (Fsp3) is 0.407. The molecule has 4 aromatic rings. The number of nitrogens with one attached hydrogen (secondary N) is 1. The fourth-order valence-corrected chi connectivity index (χ4v) is 6.35. The molecule has 9 nitrogen and oxygen atoms in total. The number of anilines is 1. The van der Waals surface area contributed by atoms with Gasteiger partial charge >= 0.3 is 6.09 Å². The van der Waals surface area contributed by atoms with Crippen LogP contribution in [0.3, 0.4) is 0 Å². The molecule has 0 radical (unpaired) electrons. The van der Waals surface area contributed by atoms with Gasteiger partial charge in [-0.15, -0.1) is 11.3 Å². The molecule has 2 fully saturated rings. The maximum atomic E-state index is 13.2. The van der Waals surface area contributed by atoms with E-state index >= 15 is 0 Å². The molecule has 192 valence electrons. The Bertz CT molecular complexity index is 1460. The van der Waals surface area contributed by atoms with Gasteiger partial charge in [0.1, 0.15) is 10.6 Å². The molecule has 2 aliphatic rings. The van der Waals surface area contributed by atoms with Gasteiger partial charge in [-0.3, -0.25) is 10.1 Å². The molecule has 37 heavy (non-hydrogen) atoms. The maximum Gasteiger partial charge on any atom is 0.410 e. The molecule has 1 saturated heterocycles. The van der Waals surface area contributed by atoms with Crippen molar-refractivity contribution in [2.75, 3.05) is 18.4 Å². The second-order valence-electron chi connectivity index (χ2n) is 11.1. The number of hydrogen-bond acceptors (Lipinski definition) is 6. The van der Waals surface area contributed by atoms with Gasteiger partial charge in [-0.2, -0.15) is 5.10 Å². The summed E-state index contributed by atoms with van der Waals surface area (Å²) in [4.78, 5) is 33.0. The second kappa shape index (κ2) is 8.72. The predicted octanol–water partition coefficient (Wildman–Crippen LogP) is 5.50. The van der Waals surface area contributed by atoms with E-state index in [0.717, 1.165) is 35.3 Å². The van der Waals surface area contributed by atoms with Crippen LogP contribution in [0, 0.1) is 5.41 Å². The third-order valence-electron chi connectivity index (χ3n) is 7.16. The minimum absolute atomic E-state index is 0.0840. The van der Waals surface area contributed by atoms with Gasteiger partial charge in [-0.05, 0) is 75.8 Å². The summed E-state index contributed by atoms with van der Waals surface area (Å²) in [6, 6.07) is 13.7. The van der Waals surface area contributed by atoms with E-state index in [4.69, 9.17) is 9.72 Å². The van der Waals surface area contributed by atoms with Crippen LogP contribution in [0.25, 0.3) is 16.0 Å². The van der Waals surface area contributed by atoms with Gasteiger partial charge in [0.2, 0.25) is 5.95 Å². The zero-order chi connectivity index (χ0) is 25.8. The number of likely N-dealkylation sites (tertiary alicyclic amines) is 1. The Morgan fingerprint density at radius 2 is 1.95 bits per heavy atom. The van der Waals surface area contributed by atoms with Gasteiger partial charge in [0.25, 0.3) is 5.91 Å².